The Kier molecular flexibility index (Phi) is 5.42. The topological polar surface area (TPSA) is 28.2 Å². The number of aryl methyl sites for hydroxylation is 1. The molecule has 1 heterocycles. The number of hydrogen-bond acceptors (Lipinski definition) is 3. The maximum atomic E-state index is 4.66. The molecule has 0 radical (unpaired) electrons. The molecule has 1 N–H and O–H groups in total. The minimum atomic E-state index is 0.738. The van der Waals surface area contributed by atoms with E-state index < -0.39 is 0 Å². The van der Waals surface area contributed by atoms with E-state index in [0.717, 1.165) is 30.5 Å². The SMILES string of the molecule is CNCc1ccc(N(C)CCC(C)C)nc1C. The summed E-state index contributed by atoms with van der Waals surface area (Å²) < 4.78 is 0. The fourth-order valence-electron chi connectivity index (χ4n) is 1.73. The van der Waals surface area contributed by atoms with Crippen molar-refractivity contribution < 1.29 is 0 Å². The second-order valence-corrected chi connectivity index (χ2v) is 5.05. The maximum absolute atomic E-state index is 4.66. The molecular weight excluding hydrogens is 210 g/mol. The van der Waals surface area contributed by atoms with Crippen LogP contribution in [0.5, 0.6) is 0 Å². The van der Waals surface area contributed by atoms with Gasteiger partial charge in [0, 0.05) is 25.8 Å². The van der Waals surface area contributed by atoms with Gasteiger partial charge in [-0.25, -0.2) is 4.98 Å². The first-order chi connectivity index (χ1) is 8.04. The van der Waals surface area contributed by atoms with E-state index in [1.165, 1.54) is 12.0 Å². The van der Waals surface area contributed by atoms with E-state index in [1.54, 1.807) is 0 Å². The summed E-state index contributed by atoms with van der Waals surface area (Å²) >= 11 is 0. The fourth-order valence-corrected chi connectivity index (χ4v) is 1.73. The van der Waals surface area contributed by atoms with E-state index >= 15 is 0 Å². The smallest absolute Gasteiger partial charge is 0.128 e. The Balaban J connectivity index is 2.68. The van der Waals surface area contributed by atoms with E-state index in [2.05, 4.69) is 55.2 Å². The lowest BCUT2D eigenvalue weighted by molar-refractivity contribution is 0.583. The van der Waals surface area contributed by atoms with Crippen LogP contribution in [0, 0.1) is 12.8 Å². The minimum Gasteiger partial charge on any atom is -0.360 e. The molecule has 0 amide bonds. The van der Waals surface area contributed by atoms with Crippen molar-refractivity contribution in [2.24, 2.45) is 5.92 Å². The van der Waals surface area contributed by atoms with Gasteiger partial charge in [-0.15, -0.1) is 0 Å². The molecule has 0 aliphatic heterocycles. The Hall–Kier alpha value is -1.09. The molecule has 1 aromatic rings. The average Bonchev–Trinajstić information content (AvgIpc) is 2.28. The summed E-state index contributed by atoms with van der Waals surface area (Å²) in [6.45, 7) is 8.53. The van der Waals surface area contributed by atoms with Crippen molar-refractivity contribution in [3.05, 3.63) is 23.4 Å². The first-order valence-electron chi connectivity index (χ1n) is 6.37. The highest BCUT2D eigenvalue weighted by atomic mass is 15.2. The molecule has 0 aliphatic carbocycles. The van der Waals surface area contributed by atoms with Gasteiger partial charge in [-0.05, 0) is 37.9 Å². The number of anilines is 1. The van der Waals surface area contributed by atoms with E-state index in [1.807, 2.05) is 7.05 Å². The predicted octanol–water partition coefficient (Wildman–Crippen LogP) is 2.59. The third kappa shape index (κ3) is 4.35. The van der Waals surface area contributed by atoms with Crippen molar-refractivity contribution in [1.82, 2.24) is 10.3 Å². The van der Waals surface area contributed by atoms with Gasteiger partial charge in [0.05, 0.1) is 0 Å². The van der Waals surface area contributed by atoms with Crippen LogP contribution in [0.4, 0.5) is 5.82 Å². The molecule has 0 aliphatic rings. The quantitative estimate of drug-likeness (QED) is 0.821. The average molecular weight is 235 g/mol. The van der Waals surface area contributed by atoms with Crippen molar-refractivity contribution in [3.8, 4) is 0 Å². The van der Waals surface area contributed by atoms with Crippen molar-refractivity contribution in [1.29, 1.82) is 0 Å². The molecule has 3 nitrogen and oxygen atoms in total. The second kappa shape index (κ2) is 6.60. The summed E-state index contributed by atoms with van der Waals surface area (Å²) in [5, 5.41) is 3.16. The molecule has 0 unspecified atom stereocenters. The lowest BCUT2D eigenvalue weighted by atomic mass is 10.1. The Labute approximate surface area is 105 Å². The van der Waals surface area contributed by atoms with Crippen LogP contribution in [-0.2, 0) is 6.54 Å². The third-order valence-corrected chi connectivity index (χ3v) is 2.98. The molecule has 0 spiro atoms. The monoisotopic (exact) mass is 235 g/mol. The summed E-state index contributed by atoms with van der Waals surface area (Å²) in [6.07, 6.45) is 1.20. The Morgan fingerprint density at radius 2 is 2.06 bits per heavy atom. The van der Waals surface area contributed by atoms with Crippen LogP contribution < -0.4 is 10.2 Å². The van der Waals surface area contributed by atoms with Crippen LogP contribution in [0.3, 0.4) is 0 Å². The van der Waals surface area contributed by atoms with Gasteiger partial charge in [0.1, 0.15) is 5.82 Å². The van der Waals surface area contributed by atoms with Gasteiger partial charge in [-0.2, -0.15) is 0 Å². The Morgan fingerprint density at radius 1 is 1.35 bits per heavy atom. The molecule has 0 fully saturated rings. The second-order valence-electron chi connectivity index (χ2n) is 5.05. The molecule has 0 bridgehead atoms. The highest BCUT2D eigenvalue weighted by Crippen LogP contribution is 2.14. The zero-order valence-corrected chi connectivity index (χ0v) is 11.7. The molecule has 0 atom stereocenters. The van der Waals surface area contributed by atoms with Crippen LogP contribution >= 0.6 is 0 Å². The van der Waals surface area contributed by atoms with Crippen molar-refractivity contribution >= 4 is 5.82 Å². The largest absolute Gasteiger partial charge is 0.360 e. The zero-order valence-electron chi connectivity index (χ0n) is 11.7. The molecule has 17 heavy (non-hydrogen) atoms. The summed E-state index contributed by atoms with van der Waals surface area (Å²) in [5.41, 5.74) is 2.39. The first-order valence-corrected chi connectivity index (χ1v) is 6.37. The number of nitrogens with zero attached hydrogens (tertiary/aromatic N) is 2. The lowest BCUT2D eigenvalue weighted by Crippen LogP contribution is -2.21. The van der Waals surface area contributed by atoms with Crippen molar-refractivity contribution in [3.63, 3.8) is 0 Å². The minimum absolute atomic E-state index is 0.738. The van der Waals surface area contributed by atoms with Crippen LogP contribution in [-0.4, -0.2) is 25.6 Å². The van der Waals surface area contributed by atoms with Crippen LogP contribution in [0.1, 0.15) is 31.5 Å². The number of pyridine rings is 1. The van der Waals surface area contributed by atoms with E-state index in [0.29, 0.717) is 0 Å². The molecule has 1 aromatic heterocycles. The van der Waals surface area contributed by atoms with E-state index in [-0.39, 0.29) is 0 Å². The third-order valence-electron chi connectivity index (χ3n) is 2.98. The Bertz CT molecular complexity index is 347. The van der Waals surface area contributed by atoms with Gasteiger partial charge in [0.15, 0.2) is 0 Å². The molecule has 0 aromatic carbocycles. The van der Waals surface area contributed by atoms with Gasteiger partial charge < -0.3 is 10.2 Å². The molecule has 0 saturated carbocycles. The van der Waals surface area contributed by atoms with Crippen LogP contribution in [0.25, 0.3) is 0 Å². The molecule has 3 heteroatoms. The standard InChI is InChI=1S/C14H25N3/c1-11(2)8-9-17(5)14-7-6-13(10-15-4)12(3)16-14/h6-7,11,15H,8-10H2,1-5H3. The van der Waals surface area contributed by atoms with E-state index in [9.17, 15) is 0 Å². The highest BCUT2D eigenvalue weighted by molar-refractivity contribution is 5.40. The summed E-state index contributed by atoms with van der Waals surface area (Å²) in [7, 11) is 4.07. The normalized spacial score (nSPS) is 10.9. The zero-order chi connectivity index (χ0) is 12.8. The summed E-state index contributed by atoms with van der Waals surface area (Å²) in [5.74, 6) is 1.81. The van der Waals surface area contributed by atoms with Gasteiger partial charge in [-0.1, -0.05) is 19.9 Å². The predicted molar refractivity (Wildman–Crippen MR) is 74.5 cm³/mol. The molecule has 0 saturated heterocycles. The molecule has 96 valence electrons. The lowest BCUT2D eigenvalue weighted by Gasteiger charge is -2.20. The number of aromatic nitrogens is 1. The van der Waals surface area contributed by atoms with Crippen LogP contribution in [0.2, 0.25) is 0 Å². The maximum Gasteiger partial charge on any atom is 0.128 e. The summed E-state index contributed by atoms with van der Waals surface area (Å²) in [6, 6.07) is 4.28. The number of rotatable bonds is 6. The molecule has 1 rings (SSSR count). The van der Waals surface area contributed by atoms with Gasteiger partial charge in [0.25, 0.3) is 0 Å². The van der Waals surface area contributed by atoms with Crippen molar-refractivity contribution in [2.75, 3.05) is 25.5 Å². The Morgan fingerprint density at radius 3 is 2.59 bits per heavy atom. The van der Waals surface area contributed by atoms with Gasteiger partial charge in [-0.3, -0.25) is 0 Å². The highest BCUT2D eigenvalue weighted by Gasteiger charge is 2.06. The van der Waals surface area contributed by atoms with Crippen molar-refractivity contribution in [2.45, 2.75) is 33.7 Å². The summed E-state index contributed by atoms with van der Waals surface area (Å²) in [4.78, 5) is 6.89. The molecular formula is C14H25N3. The first kappa shape index (κ1) is 14.0. The van der Waals surface area contributed by atoms with Crippen LogP contribution in [0.15, 0.2) is 12.1 Å². The van der Waals surface area contributed by atoms with Gasteiger partial charge >= 0.3 is 0 Å². The number of nitrogens with one attached hydrogen (secondary N) is 1. The van der Waals surface area contributed by atoms with E-state index in [4.69, 9.17) is 0 Å². The fraction of sp³-hybridized carbons (Fsp3) is 0.643. The van der Waals surface area contributed by atoms with Gasteiger partial charge in [0.2, 0.25) is 0 Å². The number of hydrogen-bond donors (Lipinski definition) is 1.